The topological polar surface area (TPSA) is 37.3 Å². The van der Waals surface area contributed by atoms with Crippen molar-refractivity contribution in [1.29, 1.82) is 0 Å². The van der Waals surface area contributed by atoms with Crippen molar-refractivity contribution in [3.05, 3.63) is 48.0 Å². The SMILES string of the molecule is O=C(O)Cc1cccc2ccccc12.[Ca+2].[H-].[H-]. The zero-order chi connectivity index (χ0) is 9.97. The van der Waals surface area contributed by atoms with Crippen molar-refractivity contribution in [2.45, 2.75) is 6.42 Å². The molecule has 0 unspecified atom stereocenters. The van der Waals surface area contributed by atoms with Gasteiger partial charge in [0, 0.05) is 0 Å². The molecule has 2 aromatic carbocycles. The number of hydrogen-bond donors (Lipinski definition) is 1. The van der Waals surface area contributed by atoms with Gasteiger partial charge in [-0.1, -0.05) is 42.5 Å². The largest absolute Gasteiger partial charge is 2.00 e. The normalized spacial score (nSPS) is 9.60. The van der Waals surface area contributed by atoms with Crippen molar-refractivity contribution in [2.75, 3.05) is 0 Å². The maximum Gasteiger partial charge on any atom is 2.00 e. The van der Waals surface area contributed by atoms with Crippen LogP contribution in [0.1, 0.15) is 8.42 Å². The summed E-state index contributed by atoms with van der Waals surface area (Å²) < 4.78 is 0. The Hall–Kier alpha value is -0.570. The average molecular weight is 228 g/mol. The molecule has 2 rings (SSSR count). The zero-order valence-electron chi connectivity index (χ0n) is 10.3. The summed E-state index contributed by atoms with van der Waals surface area (Å²) in [4.78, 5) is 10.6. The van der Waals surface area contributed by atoms with E-state index in [9.17, 15) is 4.79 Å². The van der Waals surface area contributed by atoms with Crippen LogP contribution in [0.4, 0.5) is 0 Å². The molecule has 0 aliphatic rings. The van der Waals surface area contributed by atoms with Gasteiger partial charge in [0.2, 0.25) is 0 Å². The Bertz CT molecular complexity index is 483. The Kier molecular flexibility index (Phi) is 4.58. The summed E-state index contributed by atoms with van der Waals surface area (Å²) in [6, 6.07) is 13.5. The van der Waals surface area contributed by atoms with Crippen molar-refractivity contribution in [2.24, 2.45) is 0 Å². The van der Waals surface area contributed by atoms with Crippen LogP contribution in [-0.2, 0) is 11.2 Å². The summed E-state index contributed by atoms with van der Waals surface area (Å²) >= 11 is 0. The molecule has 74 valence electrons. The Balaban J connectivity index is 0. The molecular formula is C12H12CaO2. The summed E-state index contributed by atoms with van der Waals surface area (Å²) in [5.74, 6) is -0.790. The van der Waals surface area contributed by atoms with Crippen LogP contribution in [0.3, 0.4) is 0 Å². The van der Waals surface area contributed by atoms with Gasteiger partial charge in [0.05, 0.1) is 6.42 Å². The fourth-order valence-corrected chi connectivity index (χ4v) is 1.61. The number of carbonyl (C=O) groups is 1. The second-order valence-electron chi connectivity index (χ2n) is 3.21. The van der Waals surface area contributed by atoms with Gasteiger partial charge >= 0.3 is 43.7 Å². The molecule has 0 radical (unpaired) electrons. The number of rotatable bonds is 2. The van der Waals surface area contributed by atoms with Gasteiger partial charge in [-0.15, -0.1) is 0 Å². The Morgan fingerprint density at radius 1 is 1.13 bits per heavy atom. The van der Waals surface area contributed by atoms with E-state index in [2.05, 4.69) is 0 Å². The molecule has 0 fully saturated rings. The standard InChI is InChI=1S/C12H10O2.Ca.2H/c13-12(14)8-10-6-3-5-9-4-1-2-7-11(9)10;;;/h1-7H,8H2,(H,13,14);;;/q;+2;2*-1. The second kappa shape index (κ2) is 5.50. The van der Waals surface area contributed by atoms with Crippen LogP contribution in [0.2, 0.25) is 0 Å². The van der Waals surface area contributed by atoms with E-state index in [-0.39, 0.29) is 47.0 Å². The second-order valence-corrected chi connectivity index (χ2v) is 3.21. The first-order valence-corrected chi connectivity index (χ1v) is 4.46. The summed E-state index contributed by atoms with van der Waals surface area (Å²) in [6.45, 7) is 0. The van der Waals surface area contributed by atoms with Crippen LogP contribution in [0.25, 0.3) is 10.8 Å². The fraction of sp³-hybridized carbons (Fsp3) is 0.0833. The number of carboxylic acid groups (broad SMARTS) is 1. The zero-order valence-corrected chi connectivity index (χ0v) is 10.5. The van der Waals surface area contributed by atoms with Crippen LogP contribution < -0.4 is 0 Å². The van der Waals surface area contributed by atoms with E-state index in [1.54, 1.807) is 0 Å². The molecule has 1 N–H and O–H groups in total. The molecule has 0 spiro atoms. The van der Waals surface area contributed by atoms with Gasteiger partial charge in [-0.2, -0.15) is 0 Å². The summed E-state index contributed by atoms with van der Waals surface area (Å²) in [7, 11) is 0. The monoisotopic (exact) mass is 228 g/mol. The Labute approximate surface area is 121 Å². The van der Waals surface area contributed by atoms with E-state index in [4.69, 9.17) is 5.11 Å². The van der Waals surface area contributed by atoms with E-state index in [1.807, 2.05) is 42.5 Å². The smallest absolute Gasteiger partial charge is 1.00 e. The number of carboxylic acids is 1. The fourth-order valence-electron chi connectivity index (χ4n) is 1.61. The minimum Gasteiger partial charge on any atom is -1.00 e. The first kappa shape index (κ1) is 12.5. The van der Waals surface area contributed by atoms with Gasteiger partial charge in [-0.3, -0.25) is 4.79 Å². The first-order valence-electron chi connectivity index (χ1n) is 4.46. The third-order valence-electron chi connectivity index (χ3n) is 2.22. The van der Waals surface area contributed by atoms with Crippen molar-refractivity contribution in [3.8, 4) is 0 Å². The number of fused-ring (bicyclic) bond motifs is 1. The minimum absolute atomic E-state index is 0. The van der Waals surface area contributed by atoms with Gasteiger partial charge in [0.15, 0.2) is 0 Å². The molecule has 0 aliphatic heterocycles. The molecule has 0 atom stereocenters. The van der Waals surface area contributed by atoms with E-state index < -0.39 is 5.97 Å². The van der Waals surface area contributed by atoms with Crippen molar-refractivity contribution >= 4 is 54.5 Å². The van der Waals surface area contributed by atoms with Crippen LogP contribution in [-0.4, -0.2) is 48.8 Å². The molecule has 2 aromatic rings. The molecule has 3 heteroatoms. The van der Waals surface area contributed by atoms with Crippen molar-refractivity contribution in [3.63, 3.8) is 0 Å². The third kappa shape index (κ3) is 2.94. The maximum atomic E-state index is 10.6. The number of aliphatic carboxylic acids is 1. The minimum atomic E-state index is -0.790. The first-order chi connectivity index (χ1) is 6.77. The van der Waals surface area contributed by atoms with E-state index >= 15 is 0 Å². The maximum absolute atomic E-state index is 10.6. The predicted molar refractivity (Wildman–Crippen MR) is 63.3 cm³/mol. The molecule has 0 saturated heterocycles. The summed E-state index contributed by atoms with van der Waals surface area (Å²) in [5.41, 5.74) is 0.871. The molecule has 0 heterocycles. The van der Waals surface area contributed by atoms with Gasteiger partial charge in [-0.25, -0.2) is 0 Å². The third-order valence-corrected chi connectivity index (χ3v) is 2.22. The van der Waals surface area contributed by atoms with Gasteiger partial charge in [0.1, 0.15) is 0 Å². The quantitative estimate of drug-likeness (QED) is 0.801. The molecule has 2 nitrogen and oxygen atoms in total. The van der Waals surface area contributed by atoms with Gasteiger partial charge in [0.25, 0.3) is 0 Å². The summed E-state index contributed by atoms with van der Waals surface area (Å²) in [6.07, 6.45) is 0.0847. The molecule has 0 aromatic heterocycles. The van der Waals surface area contributed by atoms with Gasteiger partial charge in [-0.05, 0) is 16.3 Å². The Morgan fingerprint density at radius 2 is 1.80 bits per heavy atom. The van der Waals surface area contributed by atoms with Crippen molar-refractivity contribution < 1.29 is 12.8 Å². The molecule has 0 amide bonds. The van der Waals surface area contributed by atoms with E-state index in [0.717, 1.165) is 16.3 Å². The average Bonchev–Trinajstić information content (AvgIpc) is 2.18. The molecule has 0 saturated carbocycles. The summed E-state index contributed by atoms with van der Waals surface area (Å²) in [5, 5.41) is 10.8. The molecule has 15 heavy (non-hydrogen) atoms. The molecule has 0 aliphatic carbocycles. The number of benzene rings is 2. The van der Waals surface area contributed by atoms with E-state index in [0.29, 0.717) is 0 Å². The predicted octanol–water partition coefficient (Wildman–Crippen LogP) is 2.31. The van der Waals surface area contributed by atoms with Gasteiger partial charge < -0.3 is 7.96 Å². The van der Waals surface area contributed by atoms with E-state index in [1.165, 1.54) is 0 Å². The number of hydrogen-bond acceptors (Lipinski definition) is 1. The van der Waals surface area contributed by atoms with Crippen LogP contribution in [0.5, 0.6) is 0 Å². The molecular weight excluding hydrogens is 216 g/mol. The Morgan fingerprint density at radius 3 is 2.53 bits per heavy atom. The van der Waals surface area contributed by atoms with Crippen LogP contribution in [0.15, 0.2) is 42.5 Å². The van der Waals surface area contributed by atoms with Crippen molar-refractivity contribution in [1.82, 2.24) is 0 Å². The van der Waals surface area contributed by atoms with Crippen LogP contribution in [0, 0.1) is 0 Å². The molecule has 0 bridgehead atoms. The van der Waals surface area contributed by atoms with Crippen LogP contribution >= 0.6 is 0 Å².